The van der Waals surface area contributed by atoms with Crippen molar-refractivity contribution in [3.05, 3.63) is 81.7 Å². The number of amides is 1. The van der Waals surface area contributed by atoms with Crippen molar-refractivity contribution < 1.29 is 36.4 Å². The smallest absolute Gasteiger partial charge is 0.422 e. The number of nitro groups is 1. The van der Waals surface area contributed by atoms with Crippen LogP contribution < -0.4 is 10.1 Å². The second kappa shape index (κ2) is 9.79. The number of nitrogens with one attached hydrogen (secondary N) is 1. The summed E-state index contributed by atoms with van der Waals surface area (Å²) in [5, 5.41) is 17.3. The molecule has 0 spiro atoms. The van der Waals surface area contributed by atoms with Crippen molar-refractivity contribution in [1.29, 1.82) is 0 Å². The maximum atomic E-state index is 13.8. The highest BCUT2D eigenvalue weighted by atomic mass is 19.4. The number of benzene rings is 2. The van der Waals surface area contributed by atoms with Crippen molar-refractivity contribution in [3.8, 4) is 17.0 Å². The molecule has 0 unspecified atom stereocenters. The minimum absolute atomic E-state index is 0.149. The minimum atomic E-state index is -4.70. The number of anilines is 1. The van der Waals surface area contributed by atoms with Crippen LogP contribution in [0.2, 0.25) is 0 Å². The van der Waals surface area contributed by atoms with Crippen molar-refractivity contribution in [3.63, 3.8) is 0 Å². The summed E-state index contributed by atoms with van der Waals surface area (Å²) in [6.45, 7) is 0.135. The van der Waals surface area contributed by atoms with Gasteiger partial charge in [0.1, 0.15) is 17.0 Å². The van der Waals surface area contributed by atoms with Crippen LogP contribution >= 0.6 is 0 Å². The molecule has 0 saturated heterocycles. The number of carbonyl (C=O) groups is 1. The Kier molecular flexibility index (Phi) is 6.74. The molecule has 9 nitrogen and oxygen atoms in total. The summed E-state index contributed by atoms with van der Waals surface area (Å²) in [7, 11) is 0. The van der Waals surface area contributed by atoms with Gasteiger partial charge in [-0.15, -0.1) is 0 Å². The number of halogens is 5. The highest BCUT2D eigenvalue weighted by Gasteiger charge is 2.29. The Hall–Kier alpha value is -4.62. The molecule has 2 heterocycles. The first kappa shape index (κ1) is 25.5. The first-order valence-corrected chi connectivity index (χ1v) is 10.5. The van der Waals surface area contributed by atoms with Gasteiger partial charge in [0.05, 0.1) is 28.6 Å². The Morgan fingerprint density at radius 2 is 1.86 bits per heavy atom. The van der Waals surface area contributed by atoms with Crippen LogP contribution in [0.15, 0.2) is 54.7 Å². The van der Waals surface area contributed by atoms with E-state index < -0.39 is 47.2 Å². The van der Waals surface area contributed by atoms with Crippen molar-refractivity contribution in [2.75, 3.05) is 11.9 Å². The second-order valence-electron chi connectivity index (χ2n) is 7.86. The largest absolute Gasteiger partial charge is 0.484 e. The number of aromatic nitrogens is 3. The molecule has 1 amide bonds. The Morgan fingerprint density at radius 3 is 2.49 bits per heavy atom. The predicted octanol–water partition coefficient (Wildman–Crippen LogP) is 5.74. The molecule has 2 aromatic heterocycles. The van der Waals surface area contributed by atoms with E-state index >= 15 is 0 Å². The molecule has 0 aliphatic rings. The summed E-state index contributed by atoms with van der Waals surface area (Å²) in [5.74, 6) is -1.45. The van der Waals surface area contributed by atoms with Gasteiger partial charge in [0.15, 0.2) is 12.3 Å². The van der Waals surface area contributed by atoms with E-state index in [2.05, 4.69) is 20.1 Å². The van der Waals surface area contributed by atoms with Crippen LogP contribution in [0.4, 0.5) is 33.3 Å². The number of non-ortho nitro benzene ring substituents is 1. The van der Waals surface area contributed by atoms with Crippen molar-refractivity contribution in [2.24, 2.45) is 0 Å². The van der Waals surface area contributed by atoms with Crippen LogP contribution in [0.1, 0.15) is 28.0 Å². The molecule has 0 aliphatic heterocycles. The van der Waals surface area contributed by atoms with E-state index in [4.69, 9.17) is 0 Å². The first-order valence-electron chi connectivity index (χ1n) is 10.5. The Morgan fingerprint density at radius 1 is 1.16 bits per heavy atom. The molecule has 0 radical (unpaired) electrons. The number of alkyl halides is 5. The number of fused-ring (bicyclic) bond motifs is 1. The molecule has 0 bridgehead atoms. The van der Waals surface area contributed by atoms with Gasteiger partial charge in [-0.2, -0.15) is 18.3 Å². The van der Waals surface area contributed by atoms with Gasteiger partial charge in [0, 0.05) is 17.7 Å². The second-order valence-corrected chi connectivity index (χ2v) is 7.86. The van der Waals surface area contributed by atoms with Crippen LogP contribution in [0.3, 0.4) is 0 Å². The molecule has 192 valence electrons. The van der Waals surface area contributed by atoms with Gasteiger partial charge in [0.25, 0.3) is 18.0 Å². The van der Waals surface area contributed by atoms with Gasteiger partial charge in [-0.3, -0.25) is 14.9 Å². The fourth-order valence-corrected chi connectivity index (χ4v) is 3.38. The molecule has 0 saturated carbocycles. The topological polar surface area (TPSA) is 112 Å². The summed E-state index contributed by atoms with van der Waals surface area (Å²) in [5.41, 5.74) is -0.320. The maximum absolute atomic E-state index is 13.8. The minimum Gasteiger partial charge on any atom is -0.484 e. The number of carbonyl (C=O) groups excluding carboxylic acids is 1. The van der Waals surface area contributed by atoms with Crippen LogP contribution in [0, 0.1) is 17.0 Å². The van der Waals surface area contributed by atoms with E-state index in [0.717, 1.165) is 40.5 Å². The quantitative estimate of drug-likeness (QED) is 0.189. The first-order chi connectivity index (χ1) is 17.4. The molecular formula is C23H16F5N5O4. The average Bonchev–Trinajstić information content (AvgIpc) is 3.26. The summed E-state index contributed by atoms with van der Waals surface area (Å²) in [6.07, 6.45) is -6.68. The van der Waals surface area contributed by atoms with E-state index in [1.807, 2.05) is 6.92 Å². The maximum Gasteiger partial charge on any atom is 0.422 e. The lowest BCUT2D eigenvalue weighted by Crippen LogP contribution is -2.19. The Balaban J connectivity index is 1.72. The summed E-state index contributed by atoms with van der Waals surface area (Å²) in [6, 6.07) is 10.6. The highest BCUT2D eigenvalue weighted by Crippen LogP contribution is 2.30. The van der Waals surface area contributed by atoms with E-state index in [1.54, 1.807) is 24.3 Å². The molecule has 0 atom stereocenters. The third-order valence-electron chi connectivity index (χ3n) is 5.08. The zero-order chi connectivity index (χ0) is 26.9. The zero-order valence-corrected chi connectivity index (χ0v) is 18.8. The van der Waals surface area contributed by atoms with Crippen LogP contribution in [-0.4, -0.2) is 38.2 Å². The van der Waals surface area contributed by atoms with E-state index in [9.17, 15) is 36.9 Å². The van der Waals surface area contributed by atoms with Crippen molar-refractivity contribution >= 4 is 22.9 Å². The molecule has 2 aromatic carbocycles. The fourth-order valence-electron chi connectivity index (χ4n) is 3.38. The average molecular weight is 521 g/mol. The van der Waals surface area contributed by atoms with Crippen molar-refractivity contribution in [1.82, 2.24) is 14.6 Å². The Bertz CT molecular complexity index is 1490. The SMILES string of the molecule is Cc1ccc(-c2cc(C(F)F)n3ncc(C(=O)Nc4cc(OCC(F)(F)F)cc([N+](=O)[O-])c4)c3n2)cc1. The molecule has 4 rings (SSSR count). The fraction of sp³-hybridized carbons (Fsp3) is 0.174. The summed E-state index contributed by atoms with van der Waals surface area (Å²) >= 11 is 0. The molecule has 1 N–H and O–H groups in total. The van der Waals surface area contributed by atoms with Gasteiger partial charge < -0.3 is 10.1 Å². The lowest BCUT2D eigenvalue weighted by atomic mass is 10.1. The predicted molar refractivity (Wildman–Crippen MR) is 121 cm³/mol. The third-order valence-corrected chi connectivity index (χ3v) is 5.08. The van der Waals surface area contributed by atoms with Crippen LogP contribution in [0.25, 0.3) is 16.9 Å². The normalized spacial score (nSPS) is 11.6. The van der Waals surface area contributed by atoms with Gasteiger partial charge in [0.2, 0.25) is 0 Å². The number of rotatable bonds is 7. The number of aryl methyl sites for hydroxylation is 1. The van der Waals surface area contributed by atoms with E-state index in [-0.39, 0.29) is 22.6 Å². The monoisotopic (exact) mass is 521 g/mol. The number of hydrogen-bond acceptors (Lipinski definition) is 6. The van der Waals surface area contributed by atoms with Gasteiger partial charge >= 0.3 is 6.18 Å². The molecule has 37 heavy (non-hydrogen) atoms. The van der Waals surface area contributed by atoms with Gasteiger partial charge in [-0.05, 0) is 13.0 Å². The van der Waals surface area contributed by atoms with Gasteiger partial charge in [-0.1, -0.05) is 29.8 Å². The molecule has 0 aliphatic carbocycles. The lowest BCUT2D eigenvalue weighted by Gasteiger charge is -2.11. The van der Waals surface area contributed by atoms with E-state index in [1.165, 1.54) is 0 Å². The Labute approximate surface area is 204 Å². The highest BCUT2D eigenvalue weighted by molar-refractivity contribution is 6.08. The number of nitrogens with zero attached hydrogens (tertiary/aromatic N) is 4. The van der Waals surface area contributed by atoms with Gasteiger partial charge in [-0.25, -0.2) is 18.3 Å². The lowest BCUT2D eigenvalue weighted by molar-refractivity contribution is -0.384. The molecule has 4 aromatic rings. The molecule has 0 fully saturated rings. The zero-order valence-electron chi connectivity index (χ0n) is 18.8. The third kappa shape index (κ3) is 5.79. The van der Waals surface area contributed by atoms with Crippen LogP contribution in [0.5, 0.6) is 5.75 Å². The standard InChI is InChI=1S/C23H16F5N5O4/c1-12-2-4-13(5-3-12)18-9-19(20(24)25)32-21(31-18)17(10-29-32)22(34)30-14-6-15(33(35)36)8-16(7-14)37-11-23(26,27)28/h2-10,20H,11H2,1H3,(H,30,34). The van der Waals surface area contributed by atoms with Crippen molar-refractivity contribution in [2.45, 2.75) is 19.5 Å². The summed E-state index contributed by atoms with van der Waals surface area (Å²) < 4.78 is 70.5. The molecule has 14 heteroatoms. The van der Waals surface area contributed by atoms with E-state index in [0.29, 0.717) is 5.56 Å². The molecular weight excluding hydrogens is 505 g/mol. The summed E-state index contributed by atoms with van der Waals surface area (Å²) in [4.78, 5) is 27.6. The van der Waals surface area contributed by atoms with Crippen LogP contribution in [-0.2, 0) is 0 Å². The number of hydrogen-bond donors (Lipinski definition) is 1. The number of nitro benzene ring substituents is 1. The number of ether oxygens (including phenoxy) is 1.